The van der Waals surface area contributed by atoms with E-state index >= 15 is 0 Å². The lowest BCUT2D eigenvalue weighted by molar-refractivity contribution is 0.517. The van der Waals surface area contributed by atoms with E-state index in [9.17, 15) is 4.39 Å². The lowest BCUT2D eigenvalue weighted by Gasteiger charge is -2.10. The van der Waals surface area contributed by atoms with Gasteiger partial charge in [-0.05, 0) is 36.9 Å². The van der Waals surface area contributed by atoms with Gasteiger partial charge in [0.05, 0.1) is 5.69 Å². The molecule has 14 heavy (non-hydrogen) atoms. The lowest BCUT2D eigenvalue weighted by atomic mass is 9.97. The zero-order chi connectivity index (χ0) is 9.97. The Hall–Kier alpha value is -1.09. The molecule has 0 radical (unpaired) electrons. The molecule has 1 aromatic carbocycles. The number of nitrogens with two attached hydrogens (primary N) is 1. The predicted molar refractivity (Wildman–Crippen MR) is 55.8 cm³/mol. The summed E-state index contributed by atoms with van der Waals surface area (Å²) in [6.45, 7) is 1.49. The van der Waals surface area contributed by atoms with Crippen molar-refractivity contribution in [2.45, 2.75) is 12.8 Å². The Morgan fingerprint density at radius 1 is 1.50 bits per heavy atom. The Balaban J connectivity index is 2.32. The van der Waals surface area contributed by atoms with Gasteiger partial charge in [0.1, 0.15) is 5.82 Å². The van der Waals surface area contributed by atoms with Gasteiger partial charge in [0.15, 0.2) is 0 Å². The van der Waals surface area contributed by atoms with Gasteiger partial charge < -0.3 is 11.1 Å². The van der Waals surface area contributed by atoms with E-state index in [-0.39, 0.29) is 5.82 Å². The van der Waals surface area contributed by atoms with E-state index < -0.39 is 0 Å². The zero-order valence-corrected chi connectivity index (χ0v) is 8.09. The molecule has 2 rings (SSSR count). The van der Waals surface area contributed by atoms with Crippen LogP contribution in [-0.2, 0) is 6.42 Å². The number of para-hydroxylation sites is 1. The maximum absolute atomic E-state index is 13.4. The minimum absolute atomic E-state index is 0.153. The number of fused-ring (bicyclic) bond motifs is 1. The van der Waals surface area contributed by atoms with E-state index in [1.54, 1.807) is 6.07 Å². The van der Waals surface area contributed by atoms with Gasteiger partial charge in [-0.2, -0.15) is 0 Å². The number of anilines is 1. The van der Waals surface area contributed by atoms with Gasteiger partial charge in [0.25, 0.3) is 0 Å². The van der Waals surface area contributed by atoms with Crippen molar-refractivity contribution in [3.05, 3.63) is 29.6 Å². The number of benzene rings is 1. The van der Waals surface area contributed by atoms with Crippen molar-refractivity contribution in [1.29, 1.82) is 0 Å². The van der Waals surface area contributed by atoms with E-state index in [1.807, 2.05) is 6.07 Å². The Kier molecular flexibility index (Phi) is 2.68. The first kappa shape index (κ1) is 9.46. The molecule has 3 N–H and O–H groups in total. The third kappa shape index (κ3) is 1.73. The van der Waals surface area contributed by atoms with Crippen LogP contribution in [0.25, 0.3) is 0 Å². The predicted octanol–water partition coefficient (Wildman–Crippen LogP) is 1.76. The molecule has 0 fully saturated rings. The molecule has 0 saturated carbocycles. The SMILES string of the molecule is NCC1CCNc2c(F)cccc2C1. The highest BCUT2D eigenvalue weighted by Gasteiger charge is 2.17. The summed E-state index contributed by atoms with van der Waals surface area (Å²) in [4.78, 5) is 0. The fourth-order valence-electron chi connectivity index (χ4n) is 1.95. The molecule has 0 spiro atoms. The van der Waals surface area contributed by atoms with Crippen molar-refractivity contribution < 1.29 is 4.39 Å². The van der Waals surface area contributed by atoms with E-state index in [0.717, 1.165) is 24.9 Å². The minimum atomic E-state index is -0.153. The molecule has 0 aliphatic carbocycles. The third-order valence-electron chi connectivity index (χ3n) is 2.80. The van der Waals surface area contributed by atoms with Crippen molar-refractivity contribution in [3.8, 4) is 0 Å². The van der Waals surface area contributed by atoms with Crippen LogP contribution in [0.15, 0.2) is 18.2 Å². The molecule has 3 heteroatoms. The zero-order valence-electron chi connectivity index (χ0n) is 8.09. The molecular formula is C11H15FN2. The second-order valence-corrected chi connectivity index (χ2v) is 3.80. The smallest absolute Gasteiger partial charge is 0.146 e. The molecule has 1 unspecified atom stereocenters. The van der Waals surface area contributed by atoms with Gasteiger partial charge in [-0.25, -0.2) is 4.39 Å². The molecule has 0 saturated heterocycles. The molecule has 0 aromatic heterocycles. The normalized spacial score (nSPS) is 20.9. The molecule has 1 aliphatic rings. The topological polar surface area (TPSA) is 38.0 Å². The van der Waals surface area contributed by atoms with E-state index in [4.69, 9.17) is 5.73 Å². The summed E-state index contributed by atoms with van der Waals surface area (Å²) >= 11 is 0. The van der Waals surface area contributed by atoms with Gasteiger partial charge in [-0.3, -0.25) is 0 Å². The van der Waals surface area contributed by atoms with Crippen molar-refractivity contribution in [3.63, 3.8) is 0 Å². The molecule has 76 valence electrons. The fraction of sp³-hybridized carbons (Fsp3) is 0.455. The average molecular weight is 194 g/mol. The van der Waals surface area contributed by atoms with Crippen LogP contribution in [0.4, 0.5) is 10.1 Å². The van der Waals surface area contributed by atoms with Crippen molar-refractivity contribution >= 4 is 5.69 Å². The first-order chi connectivity index (χ1) is 6.81. The summed E-state index contributed by atoms with van der Waals surface area (Å²) < 4.78 is 13.4. The summed E-state index contributed by atoms with van der Waals surface area (Å²) in [5.41, 5.74) is 7.37. The van der Waals surface area contributed by atoms with Crippen LogP contribution >= 0.6 is 0 Å². The van der Waals surface area contributed by atoms with Crippen molar-refractivity contribution in [2.75, 3.05) is 18.4 Å². The standard InChI is InChI=1S/C11H15FN2/c12-10-3-1-2-9-6-8(7-13)4-5-14-11(9)10/h1-3,8,14H,4-7,13H2. The van der Waals surface area contributed by atoms with E-state index in [0.29, 0.717) is 18.2 Å². The summed E-state index contributed by atoms with van der Waals surface area (Å²) in [6.07, 6.45) is 1.90. The molecule has 1 aromatic rings. The van der Waals surface area contributed by atoms with Crippen LogP contribution in [0.3, 0.4) is 0 Å². The van der Waals surface area contributed by atoms with Gasteiger partial charge in [-0.1, -0.05) is 12.1 Å². The minimum Gasteiger partial charge on any atom is -0.382 e. The summed E-state index contributed by atoms with van der Waals surface area (Å²) in [5, 5.41) is 3.13. The Morgan fingerprint density at radius 2 is 2.36 bits per heavy atom. The number of nitrogens with one attached hydrogen (secondary N) is 1. The maximum atomic E-state index is 13.4. The lowest BCUT2D eigenvalue weighted by Crippen LogP contribution is -2.17. The molecule has 1 atom stereocenters. The van der Waals surface area contributed by atoms with Gasteiger partial charge in [0, 0.05) is 6.54 Å². The van der Waals surface area contributed by atoms with Gasteiger partial charge >= 0.3 is 0 Å². The van der Waals surface area contributed by atoms with E-state index in [1.165, 1.54) is 6.07 Å². The molecular weight excluding hydrogens is 179 g/mol. The number of halogens is 1. The van der Waals surface area contributed by atoms with Crippen LogP contribution < -0.4 is 11.1 Å². The highest BCUT2D eigenvalue weighted by Crippen LogP contribution is 2.26. The highest BCUT2D eigenvalue weighted by molar-refractivity contribution is 5.53. The third-order valence-corrected chi connectivity index (χ3v) is 2.80. The number of hydrogen-bond donors (Lipinski definition) is 2. The van der Waals surface area contributed by atoms with E-state index in [2.05, 4.69) is 5.32 Å². The molecule has 2 nitrogen and oxygen atoms in total. The Morgan fingerprint density at radius 3 is 3.14 bits per heavy atom. The first-order valence-electron chi connectivity index (χ1n) is 5.02. The second-order valence-electron chi connectivity index (χ2n) is 3.80. The quantitative estimate of drug-likeness (QED) is 0.715. The summed E-state index contributed by atoms with van der Waals surface area (Å²) in [6, 6.07) is 5.22. The molecule has 1 heterocycles. The van der Waals surface area contributed by atoms with Crippen molar-refractivity contribution in [2.24, 2.45) is 11.7 Å². The average Bonchev–Trinajstić information content (AvgIpc) is 2.40. The molecule has 1 aliphatic heterocycles. The van der Waals surface area contributed by atoms with Gasteiger partial charge in [-0.15, -0.1) is 0 Å². The summed E-state index contributed by atoms with van der Waals surface area (Å²) in [7, 11) is 0. The largest absolute Gasteiger partial charge is 0.382 e. The first-order valence-corrected chi connectivity index (χ1v) is 5.02. The maximum Gasteiger partial charge on any atom is 0.146 e. The highest BCUT2D eigenvalue weighted by atomic mass is 19.1. The van der Waals surface area contributed by atoms with Crippen LogP contribution in [0, 0.1) is 11.7 Å². The molecule has 0 bridgehead atoms. The van der Waals surface area contributed by atoms with Gasteiger partial charge in [0.2, 0.25) is 0 Å². The van der Waals surface area contributed by atoms with Crippen LogP contribution in [0.2, 0.25) is 0 Å². The Bertz CT molecular complexity index is 325. The number of rotatable bonds is 1. The summed E-state index contributed by atoms with van der Waals surface area (Å²) in [5.74, 6) is 0.325. The monoisotopic (exact) mass is 194 g/mol. The van der Waals surface area contributed by atoms with Crippen LogP contribution in [0.1, 0.15) is 12.0 Å². The van der Waals surface area contributed by atoms with Crippen LogP contribution in [-0.4, -0.2) is 13.1 Å². The van der Waals surface area contributed by atoms with Crippen LogP contribution in [0.5, 0.6) is 0 Å². The van der Waals surface area contributed by atoms with Crippen molar-refractivity contribution in [1.82, 2.24) is 0 Å². The molecule has 0 amide bonds. The fourth-order valence-corrected chi connectivity index (χ4v) is 1.95. The number of hydrogen-bond acceptors (Lipinski definition) is 2. The second kappa shape index (κ2) is 3.96. The Labute approximate surface area is 83.3 Å².